The number of carboxylic acids is 1. The van der Waals surface area contributed by atoms with E-state index in [9.17, 15) is 14.7 Å². The predicted octanol–water partition coefficient (Wildman–Crippen LogP) is 2.84. The van der Waals surface area contributed by atoms with E-state index in [1.165, 1.54) is 25.7 Å². The van der Waals surface area contributed by atoms with Crippen LogP contribution < -0.4 is 0 Å². The SMILES string of the molecule is O=C(O)C1CC=CCC1C(=O)N1CCC2(CCCC2)CC1. The zero-order chi connectivity index (χ0) is 14.9. The highest BCUT2D eigenvalue weighted by Crippen LogP contribution is 2.46. The Kier molecular flexibility index (Phi) is 4.05. The van der Waals surface area contributed by atoms with Crippen molar-refractivity contribution >= 4 is 11.9 Å². The fourth-order valence-electron chi connectivity index (χ4n) is 4.42. The molecule has 1 amide bonds. The number of hydrogen-bond donors (Lipinski definition) is 1. The van der Waals surface area contributed by atoms with E-state index in [1.54, 1.807) is 0 Å². The molecular weight excluding hydrogens is 266 g/mol. The second-order valence-corrected chi connectivity index (χ2v) is 7.03. The Labute approximate surface area is 126 Å². The van der Waals surface area contributed by atoms with Crippen LogP contribution in [0.2, 0.25) is 0 Å². The lowest BCUT2D eigenvalue weighted by molar-refractivity contribution is -0.151. The van der Waals surface area contributed by atoms with Gasteiger partial charge in [0.1, 0.15) is 0 Å². The van der Waals surface area contributed by atoms with Crippen LogP contribution in [-0.4, -0.2) is 35.0 Å². The van der Waals surface area contributed by atoms with Crippen LogP contribution in [0, 0.1) is 17.3 Å². The van der Waals surface area contributed by atoms with Gasteiger partial charge in [-0.15, -0.1) is 0 Å². The minimum absolute atomic E-state index is 0.0691. The number of rotatable bonds is 2. The van der Waals surface area contributed by atoms with Crippen LogP contribution in [0.15, 0.2) is 12.2 Å². The van der Waals surface area contributed by atoms with Gasteiger partial charge in [-0.3, -0.25) is 9.59 Å². The fourth-order valence-corrected chi connectivity index (χ4v) is 4.42. The van der Waals surface area contributed by atoms with Crippen molar-refractivity contribution in [1.29, 1.82) is 0 Å². The average Bonchev–Trinajstić information content (AvgIpc) is 2.95. The number of carbonyl (C=O) groups is 2. The van der Waals surface area contributed by atoms with Crippen LogP contribution in [0.1, 0.15) is 51.4 Å². The molecule has 2 fully saturated rings. The lowest BCUT2D eigenvalue weighted by Crippen LogP contribution is -2.47. The van der Waals surface area contributed by atoms with Gasteiger partial charge in [0.05, 0.1) is 11.8 Å². The first-order valence-corrected chi connectivity index (χ1v) is 8.28. The highest BCUT2D eigenvalue weighted by Gasteiger charge is 2.41. The average molecular weight is 291 g/mol. The molecule has 1 spiro atoms. The quantitative estimate of drug-likeness (QED) is 0.796. The van der Waals surface area contributed by atoms with E-state index in [-0.39, 0.29) is 11.8 Å². The zero-order valence-electron chi connectivity index (χ0n) is 12.6. The Bertz CT molecular complexity index is 441. The summed E-state index contributed by atoms with van der Waals surface area (Å²) >= 11 is 0. The Balaban J connectivity index is 1.63. The van der Waals surface area contributed by atoms with Crippen molar-refractivity contribution in [3.8, 4) is 0 Å². The van der Waals surface area contributed by atoms with Gasteiger partial charge in [-0.1, -0.05) is 25.0 Å². The monoisotopic (exact) mass is 291 g/mol. The van der Waals surface area contributed by atoms with Crippen LogP contribution in [0.25, 0.3) is 0 Å². The van der Waals surface area contributed by atoms with Crippen molar-refractivity contribution in [3.05, 3.63) is 12.2 Å². The Hall–Kier alpha value is -1.32. The first kappa shape index (κ1) is 14.6. The number of carboxylic acid groups (broad SMARTS) is 1. The zero-order valence-corrected chi connectivity index (χ0v) is 12.6. The Morgan fingerprint density at radius 2 is 1.52 bits per heavy atom. The summed E-state index contributed by atoms with van der Waals surface area (Å²) in [5, 5.41) is 9.32. The standard InChI is InChI=1S/C17H25NO3/c19-15(13-5-1-2-6-14(13)16(20)21)18-11-9-17(10-12-18)7-3-4-8-17/h1-2,13-14H,3-12H2,(H,20,21). The first-order valence-electron chi connectivity index (χ1n) is 8.28. The molecule has 1 N–H and O–H groups in total. The normalized spacial score (nSPS) is 31.5. The van der Waals surface area contributed by atoms with Gasteiger partial charge in [0, 0.05) is 13.1 Å². The van der Waals surface area contributed by atoms with E-state index in [2.05, 4.69) is 0 Å². The van der Waals surface area contributed by atoms with Gasteiger partial charge in [-0.25, -0.2) is 0 Å². The van der Waals surface area contributed by atoms with E-state index in [1.807, 2.05) is 17.1 Å². The summed E-state index contributed by atoms with van der Waals surface area (Å²) in [6, 6.07) is 0. The first-order chi connectivity index (χ1) is 10.1. The van der Waals surface area contributed by atoms with Gasteiger partial charge < -0.3 is 10.0 Å². The summed E-state index contributed by atoms with van der Waals surface area (Å²) in [6.07, 6.45) is 12.5. The summed E-state index contributed by atoms with van der Waals surface area (Å²) in [4.78, 5) is 26.0. The van der Waals surface area contributed by atoms with Crippen molar-refractivity contribution in [2.45, 2.75) is 51.4 Å². The van der Waals surface area contributed by atoms with E-state index in [0.29, 0.717) is 18.3 Å². The van der Waals surface area contributed by atoms with Crippen LogP contribution >= 0.6 is 0 Å². The number of piperidine rings is 1. The molecule has 1 saturated carbocycles. The Morgan fingerprint density at radius 1 is 0.952 bits per heavy atom. The third-order valence-corrected chi connectivity index (χ3v) is 5.87. The van der Waals surface area contributed by atoms with Crippen molar-refractivity contribution in [3.63, 3.8) is 0 Å². The molecule has 0 radical (unpaired) electrons. The maximum absolute atomic E-state index is 12.7. The maximum atomic E-state index is 12.7. The highest BCUT2D eigenvalue weighted by atomic mass is 16.4. The molecule has 0 aromatic carbocycles. The molecule has 116 valence electrons. The summed E-state index contributed by atoms with van der Waals surface area (Å²) in [5.74, 6) is -1.66. The predicted molar refractivity (Wildman–Crippen MR) is 79.7 cm³/mol. The van der Waals surface area contributed by atoms with E-state index < -0.39 is 11.9 Å². The van der Waals surface area contributed by atoms with Crippen molar-refractivity contribution in [2.24, 2.45) is 17.3 Å². The number of likely N-dealkylation sites (tertiary alicyclic amines) is 1. The van der Waals surface area contributed by atoms with E-state index >= 15 is 0 Å². The topological polar surface area (TPSA) is 57.6 Å². The number of nitrogens with zero attached hydrogens (tertiary/aromatic N) is 1. The van der Waals surface area contributed by atoms with Crippen molar-refractivity contribution in [2.75, 3.05) is 13.1 Å². The molecule has 0 bridgehead atoms. The molecule has 4 nitrogen and oxygen atoms in total. The molecule has 3 aliphatic rings. The highest BCUT2D eigenvalue weighted by molar-refractivity contribution is 5.85. The summed E-state index contributed by atoms with van der Waals surface area (Å²) in [7, 11) is 0. The maximum Gasteiger partial charge on any atom is 0.307 e. The second-order valence-electron chi connectivity index (χ2n) is 7.03. The molecule has 1 saturated heterocycles. The number of amides is 1. The van der Waals surface area contributed by atoms with Crippen LogP contribution in [0.5, 0.6) is 0 Å². The number of carbonyl (C=O) groups excluding carboxylic acids is 1. The van der Waals surface area contributed by atoms with Crippen molar-refractivity contribution in [1.82, 2.24) is 4.90 Å². The molecule has 1 heterocycles. The summed E-state index contributed by atoms with van der Waals surface area (Å²) in [6.45, 7) is 1.65. The molecular formula is C17H25NO3. The van der Waals surface area contributed by atoms with Gasteiger partial charge in [0.15, 0.2) is 0 Å². The molecule has 2 unspecified atom stereocenters. The smallest absolute Gasteiger partial charge is 0.307 e. The summed E-state index contributed by atoms with van der Waals surface area (Å²) in [5.41, 5.74) is 0.495. The van der Waals surface area contributed by atoms with E-state index in [4.69, 9.17) is 0 Å². The van der Waals surface area contributed by atoms with Crippen molar-refractivity contribution < 1.29 is 14.7 Å². The largest absolute Gasteiger partial charge is 0.481 e. The van der Waals surface area contributed by atoms with Crippen LogP contribution in [0.4, 0.5) is 0 Å². The van der Waals surface area contributed by atoms with Gasteiger partial charge in [-0.2, -0.15) is 0 Å². The molecule has 0 aromatic rings. The van der Waals surface area contributed by atoms with Crippen LogP contribution in [-0.2, 0) is 9.59 Å². The molecule has 2 atom stereocenters. The van der Waals surface area contributed by atoms with Gasteiger partial charge in [-0.05, 0) is 43.9 Å². The molecule has 3 rings (SSSR count). The molecule has 21 heavy (non-hydrogen) atoms. The molecule has 0 aromatic heterocycles. The lowest BCUT2D eigenvalue weighted by Gasteiger charge is -2.41. The van der Waals surface area contributed by atoms with Gasteiger partial charge in [0.25, 0.3) is 0 Å². The molecule has 4 heteroatoms. The van der Waals surface area contributed by atoms with Gasteiger partial charge >= 0.3 is 5.97 Å². The molecule has 2 aliphatic carbocycles. The minimum atomic E-state index is -0.832. The number of hydrogen-bond acceptors (Lipinski definition) is 2. The number of allylic oxidation sites excluding steroid dienone is 2. The third kappa shape index (κ3) is 2.85. The van der Waals surface area contributed by atoms with Gasteiger partial charge in [0.2, 0.25) is 5.91 Å². The second kappa shape index (κ2) is 5.82. The Morgan fingerprint density at radius 3 is 2.10 bits per heavy atom. The van der Waals surface area contributed by atoms with E-state index in [0.717, 1.165) is 25.9 Å². The minimum Gasteiger partial charge on any atom is -0.481 e. The lowest BCUT2D eigenvalue weighted by atomic mass is 9.76. The third-order valence-electron chi connectivity index (χ3n) is 5.87. The fraction of sp³-hybridized carbons (Fsp3) is 0.765. The molecule has 1 aliphatic heterocycles. The number of aliphatic carboxylic acids is 1. The van der Waals surface area contributed by atoms with Crippen LogP contribution in [0.3, 0.4) is 0 Å². The summed E-state index contributed by atoms with van der Waals surface area (Å²) < 4.78 is 0.